The van der Waals surface area contributed by atoms with Gasteiger partial charge in [-0.2, -0.15) is 0 Å². The van der Waals surface area contributed by atoms with Gasteiger partial charge >= 0.3 is 5.97 Å². The summed E-state index contributed by atoms with van der Waals surface area (Å²) in [5.41, 5.74) is 0.869. The third-order valence-corrected chi connectivity index (χ3v) is 3.13. The normalized spacial score (nSPS) is 12.4. The van der Waals surface area contributed by atoms with Crippen molar-refractivity contribution >= 4 is 17.6 Å². The predicted molar refractivity (Wildman–Crippen MR) is 80.4 cm³/mol. The van der Waals surface area contributed by atoms with Crippen LogP contribution in [0.3, 0.4) is 0 Å². The standard InChI is InChI=1S/C15H22ClNO3/c1-4-6-13(15(18)19)20-14-11(9-17-10(2)3)7-5-8-12(14)16/h5,7-8,10,13,17H,4,6,9H2,1-3H3,(H,18,19). The maximum atomic E-state index is 11.2. The second-order valence-corrected chi connectivity index (χ2v) is 5.40. The van der Waals surface area contributed by atoms with Crippen LogP contribution in [0.4, 0.5) is 0 Å². The number of para-hydroxylation sites is 1. The highest BCUT2D eigenvalue weighted by molar-refractivity contribution is 6.32. The van der Waals surface area contributed by atoms with Crippen LogP contribution < -0.4 is 10.1 Å². The minimum absolute atomic E-state index is 0.327. The molecule has 1 aromatic carbocycles. The fourth-order valence-corrected chi connectivity index (χ4v) is 2.01. The van der Waals surface area contributed by atoms with Gasteiger partial charge < -0.3 is 15.2 Å². The van der Waals surface area contributed by atoms with Crippen molar-refractivity contribution in [2.75, 3.05) is 0 Å². The first-order valence-electron chi connectivity index (χ1n) is 6.86. The Balaban J connectivity index is 2.93. The molecule has 0 saturated heterocycles. The predicted octanol–water partition coefficient (Wildman–Crippen LogP) is 3.47. The van der Waals surface area contributed by atoms with Gasteiger partial charge in [0.2, 0.25) is 0 Å². The summed E-state index contributed by atoms with van der Waals surface area (Å²) >= 11 is 6.15. The summed E-state index contributed by atoms with van der Waals surface area (Å²) in [6.45, 7) is 6.60. The summed E-state index contributed by atoms with van der Waals surface area (Å²) in [6, 6.07) is 5.76. The van der Waals surface area contributed by atoms with Crippen molar-refractivity contribution in [1.29, 1.82) is 0 Å². The van der Waals surface area contributed by atoms with E-state index in [1.807, 2.05) is 32.9 Å². The quantitative estimate of drug-likeness (QED) is 0.771. The molecule has 2 N–H and O–H groups in total. The molecule has 1 unspecified atom stereocenters. The molecule has 4 nitrogen and oxygen atoms in total. The number of ether oxygens (including phenoxy) is 1. The first kappa shape index (κ1) is 16.8. The molecule has 112 valence electrons. The van der Waals surface area contributed by atoms with E-state index in [0.717, 1.165) is 12.0 Å². The van der Waals surface area contributed by atoms with Crippen molar-refractivity contribution in [1.82, 2.24) is 5.32 Å². The highest BCUT2D eigenvalue weighted by Crippen LogP contribution is 2.30. The highest BCUT2D eigenvalue weighted by atomic mass is 35.5. The Morgan fingerprint density at radius 1 is 1.45 bits per heavy atom. The van der Waals surface area contributed by atoms with E-state index in [9.17, 15) is 9.90 Å². The molecular weight excluding hydrogens is 278 g/mol. The molecule has 20 heavy (non-hydrogen) atoms. The smallest absolute Gasteiger partial charge is 0.344 e. The summed E-state index contributed by atoms with van der Waals surface area (Å²) in [4.78, 5) is 11.2. The summed E-state index contributed by atoms with van der Waals surface area (Å²) in [5, 5.41) is 12.9. The number of halogens is 1. The third-order valence-electron chi connectivity index (χ3n) is 2.84. The fourth-order valence-electron chi connectivity index (χ4n) is 1.78. The van der Waals surface area contributed by atoms with E-state index in [0.29, 0.717) is 29.8 Å². The lowest BCUT2D eigenvalue weighted by Gasteiger charge is -2.19. The second kappa shape index (κ2) is 8.12. The Kier molecular flexibility index (Phi) is 6.82. The Hall–Kier alpha value is -1.26. The van der Waals surface area contributed by atoms with Crippen molar-refractivity contribution in [2.45, 2.75) is 52.3 Å². The third kappa shape index (κ3) is 5.02. The van der Waals surface area contributed by atoms with E-state index in [1.165, 1.54) is 0 Å². The minimum atomic E-state index is -0.963. The van der Waals surface area contributed by atoms with E-state index >= 15 is 0 Å². The van der Waals surface area contributed by atoms with Gasteiger partial charge in [-0.3, -0.25) is 0 Å². The van der Waals surface area contributed by atoms with Gasteiger partial charge in [0, 0.05) is 18.2 Å². The summed E-state index contributed by atoms with van der Waals surface area (Å²) in [7, 11) is 0. The highest BCUT2D eigenvalue weighted by Gasteiger charge is 2.21. The fraction of sp³-hybridized carbons (Fsp3) is 0.533. The molecule has 0 aliphatic heterocycles. The van der Waals surface area contributed by atoms with Crippen LogP contribution in [0.2, 0.25) is 5.02 Å². The van der Waals surface area contributed by atoms with Crippen LogP contribution in [0.25, 0.3) is 0 Å². The number of carboxylic acid groups (broad SMARTS) is 1. The van der Waals surface area contributed by atoms with E-state index < -0.39 is 12.1 Å². The Morgan fingerprint density at radius 3 is 2.70 bits per heavy atom. The van der Waals surface area contributed by atoms with Crippen LogP contribution in [0.15, 0.2) is 18.2 Å². The largest absolute Gasteiger partial charge is 0.479 e. The van der Waals surface area contributed by atoms with Crippen molar-refractivity contribution in [3.8, 4) is 5.75 Å². The van der Waals surface area contributed by atoms with Crippen LogP contribution in [0, 0.1) is 0 Å². The van der Waals surface area contributed by atoms with Gasteiger partial charge in [-0.05, 0) is 12.5 Å². The topological polar surface area (TPSA) is 58.6 Å². The number of hydrogen-bond acceptors (Lipinski definition) is 3. The number of hydrogen-bond donors (Lipinski definition) is 2. The van der Waals surface area contributed by atoms with E-state index in [1.54, 1.807) is 6.07 Å². The summed E-state index contributed by atoms with van der Waals surface area (Å²) < 4.78 is 5.64. The van der Waals surface area contributed by atoms with E-state index in [4.69, 9.17) is 16.3 Å². The molecule has 1 rings (SSSR count). The molecule has 0 saturated carbocycles. The Morgan fingerprint density at radius 2 is 2.15 bits per heavy atom. The van der Waals surface area contributed by atoms with Crippen LogP contribution in [-0.4, -0.2) is 23.2 Å². The van der Waals surface area contributed by atoms with Gasteiger partial charge in [0.25, 0.3) is 0 Å². The van der Waals surface area contributed by atoms with Crippen LogP contribution in [-0.2, 0) is 11.3 Å². The average molecular weight is 300 g/mol. The van der Waals surface area contributed by atoms with Gasteiger partial charge in [-0.1, -0.05) is 50.9 Å². The molecule has 0 amide bonds. The number of carbonyl (C=O) groups is 1. The van der Waals surface area contributed by atoms with Gasteiger partial charge in [0.15, 0.2) is 6.10 Å². The molecule has 0 radical (unpaired) electrons. The minimum Gasteiger partial charge on any atom is -0.479 e. The Labute approximate surface area is 125 Å². The molecule has 1 atom stereocenters. The molecular formula is C15H22ClNO3. The lowest BCUT2D eigenvalue weighted by Crippen LogP contribution is -2.28. The van der Waals surface area contributed by atoms with Crippen LogP contribution in [0.5, 0.6) is 5.75 Å². The van der Waals surface area contributed by atoms with Crippen molar-refractivity contribution in [3.63, 3.8) is 0 Å². The summed E-state index contributed by atoms with van der Waals surface area (Å²) in [5.74, 6) is -0.502. The van der Waals surface area contributed by atoms with Crippen molar-refractivity contribution < 1.29 is 14.6 Å². The maximum absolute atomic E-state index is 11.2. The maximum Gasteiger partial charge on any atom is 0.344 e. The average Bonchev–Trinajstić information content (AvgIpc) is 2.38. The lowest BCUT2D eigenvalue weighted by molar-refractivity contribution is -0.145. The molecule has 0 aliphatic rings. The number of benzene rings is 1. The van der Waals surface area contributed by atoms with Crippen molar-refractivity contribution in [3.05, 3.63) is 28.8 Å². The van der Waals surface area contributed by atoms with Gasteiger partial charge in [-0.25, -0.2) is 4.79 Å². The molecule has 0 aromatic heterocycles. The number of aliphatic carboxylic acids is 1. The number of nitrogens with one attached hydrogen (secondary N) is 1. The summed E-state index contributed by atoms with van der Waals surface area (Å²) in [6.07, 6.45) is 0.330. The van der Waals surface area contributed by atoms with E-state index in [2.05, 4.69) is 5.32 Å². The van der Waals surface area contributed by atoms with Gasteiger partial charge in [-0.15, -0.1) is 0 Å². The van der Waals surface area contributed by atoms with Gasteiger partial charge in [0.1, 0.15) is 5.75 Å². The zero-order valence-electron chi connectivity index (χ0n) is 12.1. The molecule has 0 heterocycles. The van der Waals surface area contributed by atoms with Crippen LogP contribution >= 0.6 is 11.6 Å². The molecule has 0 spiro atoms. The van der Waals surface area contributed by atoms with Crippen LogP contribution in [0.1, 0.15) is 39.2 Å². The SMILES string of the molecule is CCCC(Oc1c(Cl)cccc1CNC(C)C)C(=O)O. The zero-order chi connectivity index (χ0) is 15.1. The molecule has 5 heteroatoms. The molecule has 1 aromatic rings. The zero-order valence-corrected chi connectivity index (χ0v) is 12.9. The van der Waals surface area contributed by atoms with Crippen molar-refractivity contribution in [2.24, 2.45) is 0 Å². The Bertz CT molecular complexity index is 449. The second-order valence-electron chi connectivity index (χ2n) is 5.00. The first-order valence-corrected chi connectivity index (χ1v) is 7.23. The van der Waals surface area contributed by atoms with Gasteiger partial charge in [0.05, 0.1) is 5.02 Å². The first-order chi connectivity index (χ1) is 9.45. The number of carboxylic acids is 1. The molecule has 0 bridgehead atoms. The number of rotatable bonds is 8. The lowest BCUT2D eigenvalue weighted by atomic mass is 10.1. The van der Waals surface area contributed by atoms with E-state index in [-0.39, 0.29) is 0 Å². The molecule has 0 aliphatic carbocycles. The molecule has 0 fully saturated rings. The monoisotopic (exact) mass is 299 g/mol.